The lowest BCUT2D eigenvalue weighted by Crippen LogP contribution is -2.36. The number of anilines is 1. The molecule has 4 aromatic rings. The zero-order valence-corrected chi connectivity index (χ0v) is 23.9. The maximum Gasteiger partial charge on any atom is 0.294 e. The summed E-state index contributed by atoms with van der Waals surface area (Å²) in [6.45, 7) is 6.18. The largest absolute Gasteiger partial charge is 0.490 e. The number of imide groups is 1. The van der Waals surface area contributed by atoms with E-state index in [9.17, 15) is 14.4 Å². The minimum absolute atomic E-state index is 0.238. The number of hydrogen-bond donors (Lipinski definition) is 1. The van der Waals surface area contributed by atoms with Gasteiger partial charge in [0.15, 0.2) is 11.5 Å². The third-order valence-corrected chi connectivity index (χ3v) is 7.74. The van der Waals surface area contributed by atoms with Gasteiger partial charge in [0.2, 0.25) is 5.91 Å². The van der Waals surface area contributed by atoms with Gasteiger partial charge in [0, 0.05) is 5.69 Å². The van der Waals surface area contributed by atoms with Gasteiger partial charge in [-0.05, 0) is 95.9 Å². The van der Waals surface area contributed by atoms with Gasteiger partial charge >= 0.3 is 0 Å². The molecule has 4 aromatic carbocycles. The maximum absolute atomic E-state index is 13.0. The number of amides is 3. The normalized spacial score (nSPS) is 14.1. The minimum atomic E-state index is -0.509. The van der Waals surface area contributed by atoms with Gasteiger partial charge in [-0.15, -0.1) is 0 Å². The van der Waals surface area contributed by atoms with Gasteiger partial charge in [-0.2, -0.15) is 0 Å². The summed E-state index contributed by atoms with van der Waals surface area (Å²) >= 11 is 0.809. The number of hydrogen-bond acceptors (Lipinski definition) is 6. The standard InChI is InChI=1S/C33H30N2O5S/c1-4-39-29-17-23(13-15-28(29)40-20-24-12-14-25-9-5-6-10-26(25)16-24)18-30-32(37)35(33(38)41-30)19-31(36)34-27-11-7-8-21(2)22(27)3/h5-18H,4,19-20H2,1-3H3,(H,34,36)/b30-18+. The Morgan fingerprint density at radius 3 is 2.51 bits per heavy atom. The Morgan fingerprint density at radius 1 is 0.902 bits per heavy atom. The van der Waals surface area contributed by atoms with Crippen LogP contribution in [0.5, 0.6) is 11.5 Å². The molecular formula is C33H30N2O5S. The number of benzene rings is 4. The first-order chi connectivity index (χ1) is 19.8. The summed E-state index contributed by atoms with van der Waals surface area (Å²) in [6, 6.07) is 25.3. The Kier molecular flexibility index (Phi) is 8.40. The van der Waals surface area contributed by atoms with Gasteiger partial charge < -0.3 is 14.8 Å². The maximum atomic E-state index is 13.0. The summed E-state index contributed by atoms with van der Waals surface area (Å²) in [4.78, 5) is 39.5. The molecule has 0 aromatic heterocycles. The summed E-state index contributed by atoms with van der Waals surface area (Å²) in [6.07, 6.45) is 1.63. The van der Waals surface area contributed by atoms with Crippen LogP contribution >= 0.6 is 11.8 Å². The molecule has 3 amide bonds. The molecule has 1 N–H and O–H groups in total. The smallest absolute Gasteiger partial charge is 0.294 e. The van der Waals surface area contributed by atoms with Gasteiger partial charge in [-0.3, -0.25) is 19.3 Å². The highest BCUT2D eigenvalue weighted by molar-refractivity contribution is 8.18. The number of rotatable bonds is 9. The number of carbonyl (C=O) groups excluding carboxylic acids is 3. The van der Waals surface area contributed by atoms with E-state index in [1.54, 1.807) is 30.3 Å². The Labute approximate surface area is 243 Å². The van der Waals surface area contributed by atoms with Gasteiger partial charge in [-0.1, -0.05) is 54.6 Å². The molecule has 8 heteroatoms. The van der Waals surface area contributed by atoms with Crippen molar-refractivity contribution in [1.82, 2.24) is 4.90 Å². The van der Waals surface area contributed by atoms with Gasteiger partial charge in [-0.25, -0.2) is 0 Å². The van der Waals surface area contributed by atoms with Crippen LogP contribution in [0.25, 0.3) is 16.8 Å². The topological polar surface area (TPSA) is 84.9 Å². The zero-order valence-electron chi connectivity index (χ0n) is 23.1. The molecule has 1 aliphatic rings. The van der Waals surface area contributed by atoms with E-state index >= 15 is 0 Å². The van der Waals surface area contributed by atoms with Gasteiger partial charge in [0.25, 0.3) is 11.1 Å². The Bertz CT molecular complexity index is 1680. The number of thioether (sulfide) groups is 1. The van der Waals surface area contributed by atoms with Crippen LogP contribution in [0.3, 0.4) is 0 Å². The fourth-order valence-electron chi connectivity index (χ4n) is 4.50. The Hall–Kier alpha value is -4.56. The van der Waals surface area contributed by atoms with Crippen LogP contribution in [0, 0.1) is 13.8 Å². The Balaban J connectivity index is 1.27. The van der Waals surface area contributed by atoms with E-state index in [0.29, 0.717) is 36.0 Å². The fraction of sp³-hybridized carbons (Fsp3) is 0.182. The second-order valence-corrected chi connectivity index (χ2v) is 10.7. The number of ether oxygens (including phenoxy) is 2. The van der Waals surface area contributed by atoms with E-state index in [-0.39, 0.29) is 11.4 Å². The van der Waals surface area contributed by atoms with Crippen LogP contribution in [-0.4, -0.2) is 35.1 Å². The molecule has 208 valence electrons. The quantitative estimate of drug-likeness (QED) is 0.217. The second kappa shape index (κ2) is 12.3. The predicted molar refractivity (Wildman–Crippen MR) is 163 cm³/mol. The van der Waals surface area contributed by atoms with Crippen molar-refractivity contribution >= 4 is 51.4 Å². The molecule has 1 fully saturated rings. The molecule has 7 nitrogen and oxygen atoms in total. The van der Waals surface area contributed by atoms with Crippen LogP contribution in [0.15, 0.2) is 83.8 Å². The molecule has 0 unspecified atom stereocenters. The monoisotopic (exact) mass is 566 g/mol. The lowest BCUT2D eigenvalue weighted by molar-refractivity contribution is -0.127. The lowest BCUT2D eigenvalue weighted by atomic mass is 10.1. The SMILES string of the molecule is CCOc1cc(/C=C2/SC(=O)N(CC(=O)Nc3cccc(C)c3C)C2=O)ccc1OCc1ccc2ccccc2c1. The van der Waals surface area contributed by atoms with Crippen LogP contribution in [0.2, 0.25) is 0 Å². The van der Waals surface area contributed by atoms with Gasteiger partial charge in [0.05, 0.1) is 11.5 Å². The van der Waals surface area contributed by atoms with Crippen molar-refractivity contribution in [2.45, 2.75) is 27.4 Å². The Morgan fingerprint density at radius 2 is 1.71 bits per heavy atom. The van der Waals surface area contributed by atoms with Crippen LogP contribution in [-0.2, 0) is 16.2 Å². The first-order valence-corrected chi connectivity index (χ1v) is 14.1. The summed E-state index contributed by atoms with van der Waals surface area (Å²) in [5.74, 6) is 0.169. The third kappa shape index (κ3) is 6.44. The van der Waals surface area contributed by atoms with Crippen molar-refractivity contribution in [1.29, 1.82) is 0 Å². The molecule has 41 heavy (non-hydrogen) atoms. The highest BCUT2D eigenvalue weighted by atomic mass is 32.2. The average molecular weight is 567 g/mol. The van der Waals surface area contributed by atoms with E-state index in [4.69, 9.17) is 9.47 Å². The van der Waals surface area contributed by atoms with E-state index < -0.39 is 17.1 Å². The van der Waals surface area contributed by atoms with Crippen molar-refractivity contribution in [2.24, 2.45) is 0 Å². The first kappa shape index (κ1) is 28.0. The van der Waals surface area contributed by atoms with E-state index in [2.05, 4.69) is 29.6 Å². The zero-order chi connectivity index (χ0) is 28.9. The van der Waals surface area contributed by atoms with Crippen molar-refractivity contribution in [2.75, 3.05) is 18.5 Å². The summed E-state index contributed by atoms with van der Waals surface area (Å²) in [5.41, 5.74) is 4.34. The summed E-state index contributed by atoms with van der Waals surface area (Å²) < 4.78 is 11.9. The number of nitrogens with zero attached hydrogens (tertiary/aromatic N) is 1. The molecule has 1 saturated heterocycles. The predicted octanol–water partition coefficient (Wildman–Crippen LogP) is 7.11. The minimum Gasteiger partial charge on any atom is -0.490 e. The first-order valence-electron chi connectivity index (χ1n) is 13.3. The summed E-state index contributed by atoms with van der Waals surface area (Å²) in [5, 5.41) is 4.62. The number of nitrogens with one attached hydrogen (secondary N) is 1. The lowest BCUT2D eigenvalue weighted by Gasteiger charge is -2.14. The summed E-state index contributed by atoms with van der Waals surface area (Å²) in [7, 11) is 0. The highest BCUT2D eigenvalue weighted by Crippen LogP contribution is 2.35. The van der Waals surface area contributed by atoms with Crippen molar-refractivity contribution < 1.29 is 23.9 Å². The van der Waals surface area contributed by atoms with Crippen molar-refractivity contribution in [3.05, 3.63) is 106 Å². The van der Waals surface area contributed by atoms with E-state index in [1.165, 1.54) is 5.39 Å². The number of carbonyl (C=O) groups is 3. The fourth-order valence-corrected chi connectivity index (χ4v) is 5.34. The third-order valence-electron chi connectivity index (χ3n) is 6.83. The van der Waals surface area contributed by atoms with E-state index in [1.807, 2.05) is 51.1 Å². The molecule has 5 rings (SSSR count). The number of fused-ring (bicyclic) bond motifs is 1. The molecule has 0 bridgehead atoms. The van der Waals surface area contributed by atoms with Crippen LogP contribution < -0.4 is 14.8 Å². The van der Waals surface area contributed by atoms with E-state index in [0.717, 1.165) is 38.7 Å². The van der Waals surface area contributed by atoms with Crippen molar-refractivity contribution in [3.63, 3.8) is 0 Å². The molecule has 1 heterocycles. The molecule has 0 aliphatic carbocycles. The van der Waals surface area contributed by atoms with Crippen LogP contribution in [0.4, 0.5) is 10.5 Å². The molecule has 0 atom stereocenters. The molecule has 0 radical (unpaired) electrons. The van der Waals surface area contributed by atoms with Crippen molar-refractivity contribution in [3.8, 4) is 11.5 Å². The second-order valence-electron chi connectivity index (χ2n) is 9.67. The number of aryl methyl sites for hydroxylation is 1. The molecule has 1 aliphatic heterocycles. The highest BCUT2D eigenvalue weighted by Gasteiger charge is 2.36. The molecule has 0 saturated carbocycles. The van der Waals surface area contributed by atoms with Crippen LogP contribution in [0.1, 0.15) is 29.2 Å². The van der Waals surface area contributed by atoms with Gasteiger partial charge in [0.1, 0.15) is 13.2 Å². The molecule has 0 spiro atoms. The average Bonchev–Trinajstić information content (AvgIpc) is 3.22. The molecular weight excluding hydrogens is 536 g/mol.